The topological polar surface area (TPSA) is 80.4 Å². The van der Waals surface area contributed by atoms with E-state index in [1.165, 1.54) is 7.11 Å². The van der Waals surface area contributed by atoms with Crippen LogP contribution in [0.4, 0.5) is 0 Å². The Morgan fingerprint density at radius 3 is 2.59 bits per heavy atom. The first-order valence-electron chi connectivity index (χ1n) is 8.63. The van der Waals surface area contributed by atoms with Gasteiger partial charge in [-0.15, -0.1) is 0 Å². The van der Waals surface area contributed by atoms with Crippen molar-refractivity contribution >= 4 is 16.8 Å². The molecule has 0 aliphatic heterocycles. The highest BCUT2D eigenvalue weighted by Gasteiger charge is 2.09. The minimum atomic E-state index is -0.318. The normalized spacial score (nSPS) is 10.6. The zero-order valence-corrected chi connectivity index (χ0v) is 15.6. The molecule has 1 heterocycles. The van der Waals surface area contributed by atoms with Crippen LogP contribution in [0.15, 0.2) is 47.3 Å². The zero-order chi connectivity index (χ0) is 19.4. The number of hydrogen-bond donors (Lipinski definition) is 2. The summed E-state index contributed by atoms with van der Waals surface area (Å²) in [6, 6.07) is 12.9. The van der Waals surface area contributed by atoms with Crippen LogP contribution in [-0.2, 0) is 11.3 Å². The molecule has 6 heteroatoms. The zero-order valence-electron chi connectivity index (χ0n) is 15.6. The number of carbonyl (C=O) groups is 1. The van der Waals surface area contributed by atoms with Gasteiger partial charge < -0.3 is 19.8 Å². The number of amides is 1. The lowest BCUT2D eigenvalue weighted by Gasteiger charge is -2.11. The average molecular weight is 366 g/mol. The minimum Gasteiger partial charge on any atom is -0.493 e. The second-order valence-electron chi connectivity index (χ2n) is 6.38. The molecule has 0 fully saturated rings. The second-order valence-corrected chi connectivity index (χ2v) is 6.38. The predicted octanol–water partition coefficient (Wildman–Crippen LogP) is 2.85. The van der Waals surface area contributed by atoms with Crippen LogP contribution in [0.5, 0.6) is 11.5 Å². The molecular formula is C21H22N2O4. The van der Waals surface area contributed by atoms with Crippen LogP contribution in [0.1, 0.15) is 16.7 Å². The Labute approximate surface area is 157 Å². The van der Waals surface area contributed by atoms with Crippen LogP contribution in [0.3, 0.4) is 0 Å². The van der Waals surface area contributed by atoms with Crippen LogP contribution in [0, 0.1) is 13.8 Å². The van der Waals surface area contributed by atoms with Crippen molar-refractivity contribution in [3.8, 4) is 11.5 Å². The van der Waals surface area contributed by atoms with Gasteiger partial charge in [-0.3, -0.25) is 9.59 Å². The summed E-state index contributed by atoms with van der Waals surface area (Å²) in [6.07, 6.45) is 0. The molecule has 6 nitrogen and oxygen atoms in total. The van der Waals surface area contributed by atoms with E-state index in [2.05, 4.69) is 16.4 Å². The van der Waals surface area contributed by atoms with Gasteiger partial charge in [-0.2, -0.15) is 0 Å². The maximum absolute atomic E-state index is 12.3. The van der Waals surface area contributed by atoms with Crippen LogP contribution < -0.4 is 20.3 Å². The molecule has 0 unspecified atom stereocenters. The molecule has 0 spiro atoms. The van der Waals surface area contributed by atoms with Gasteiger partial charge in [0.15, 0.2) is 18.1 Å². The highest BCUT2D eigenvalue weighted by atomic mass is 16.5. The molecule has 0 aliphatic rings. The van der Waals surface area contributed by atoms with E-state index in [4.69, 9.17) is 9.47 Å². The Hall–Kier alpha value is -3.28. The number of nitrogens with one attached hydrogen (secondary N) is 2. The van der Waals surface area contributed by atoms with Crippen molar-refractivity contribution in [3.05, 3.63) is 69.5 Å². The van der Waals surface area contributed by atoms with Crippen LogP contribution >= 0.6 is 0 Å². The Kier molecular flexibility index (Phi) is 5.45. The molecular weight excluding hydrogens is 344 g/mol. The lowest BCUT2D eigenvalue weighted by atomic mass is 10.0. The fourth-order valence-electron chi connectivity index (χ4n) is 2.97. The lowest BCUT2D eigenvalue weighted by molar-refractivity contribution is -0.123. The monoisotopic (exact) mass is 366 g/mol. The molecule has 27 heavy (non-hydrogen) atoms. The molecule has 140 valence electrons. The SMILES string of the molecule is COc1ccccc1OCC(=O)NCc1cc2c(C)cc(C)cc2[nH]c1=O. The van der Waals surface area contributed by atoms with E-state index in [-0.39, 0.29) is 24.6 Å². The van der Waals surface area contributed by atoms with Crippen molar-refractivity contribution in [2.75, 3.05) is 13.7 Å². The molecule has 2 N–H and O–H groups in total. The minimum absolute atomic E-state index is 0.132. The first-order chi connectivity index (χ1) is 13.0. The predicted molar refractivity (Wildman–Crippen MR) is 104 cm³/mol. The highest BCUT2D eigenvalue weighted by molar-refractivity contribution is 5.83. The number of methoxy groups -OCH3 is 1. The number of aromatic amines is 1. The summed E-state index contributed by atoms with van der Waals surface area (Å²) in [7, 11) is 1.54. The number of benzene rings is 2. The Bertz CT molecular complexity index is 1040. The molecule has 0 saturated heterocycles. The van der Waals surface area contributed by atoms with Crippen LogP contribution in [0.25, 0.3) is 10.9 Å². The fourth-order valence-corrected chi connectivity index (χ4v) is 2.97. The van der Waals surface area contributed by atoms with E-state index >= 15 is 0 Å². The third-order valence-corrected chi connectivity index (χ3v) is 4.29. The number of aromatic nitrogens is 1. The van der Waals surface area contributed by atoms with E-state index < -0.39 is 0 Å². The Morgan fingerprint density at radius 1 is 1.11 bits per heavy atom. The molecule has 1 aromatic heterocycles. The standard InChI is InChI=1S/C21H22N2O4/c1-13-8-14(2)16-10-15(21(25)23-17(16)9-13)11-22-20(24)12-27-19-7-5-4-6-18(19)26-3/h4-10H,11-12H2,1-3H3,(H,22,24)(H,23,25). The maximum atomic E-state index is 12.3. The number of rotatable bonds is 6. The van der Waals surface area contributed by atoms with E-state index in [0.717, 1.165) is 22.0 Å². The summed E-state index contributed by atoms with van der Waals surface area (Å²) >= 11 is 0. The van der Waals surface area contributed by atoms with Crippen molar-refractivity contribution in [2.24, 2.45) is 0 Å². The van der Waals surface area contributed by atoms with Crippen LogP contribution in [0.2, 0.25) is 0 Å². The largest absolute Gasteiger partial charge is 0.493 e. The number of hydrogen-bond acceptors (Lipinski definition) is 4. The summed E-state index contributed by atoms with van der Waals surface area (Å²) in [5.74, 6) is 0.729. The van der Waals surface area contributed by atoms with Gasteiger partial charge in [-0.1, -0.05) is 18.2 Å². The van der Waals surface area contributed by atoms with Crippen molar-refractivity contribution in [1.82, 2.24) is 10.3 Å². The maximum Gasteiger partial charge on any atom is 0.258 e. The Morgan fingerprint density at radius 2 is 1.85 bits per heavy atom. The smallest absolute Gasteiger partial charge is 0.258 e. The first-order valence-corrected chi connectivity index (χ1v) is 8.63. The summed E-state index contributed by atoms with van der Waals surface area (Å²) in [5.41, 5.74) is 3.25. The molecule has 3 aromatic rings. The molecule has 2 aromatic carbocycles. The van der Waals surface area contributed by atoms with E-state index in [0.29, 0.717) is 17.1 Å². The van der Waals surface area contributed by atoms with Crippen LogP contribution in [-0.4, -0.2) is 24.6 Å². The third kappa shape index (κ3) is 4.28. The number of carbonyl (C=O) groups excluding carboxylic acids is 1. The lowest BCUT2D eigenvalue weighted by Crippen LogP contribution is -2.30. The van der Waals surface area contributed by atoms with Gasteiger partial charge in [0.05, 0.1) is 7.11 Å². The quantitative estimate of drug-likeness (QED) is 0.703. The van der Waals surface area contributed by atoms with Gasteiger partial charge in [0.1, 0.15) is 0 Å². The number of aryl methyl sites for hydroxylation is 2. The first kappa shape index (κ1) is 18.5. The number of fused-ring (bicyclic) bond motifs is 1. The van der Waals surface area contributed by atoms with Crippen molar-refractivity contribution in [2.45, 2.75) is 20.4 Å². The molecule has 3 rings (SSSR count). The summed E-state index contributed by atoms with van der Waals surface area (Å²) in [5, 5.41) is 3.69. The molecule has 0 atom stereocenters. The summed E-state index contributed by atoms with van der Waals surface area (Å²) < 4.78 is 10.7. The van der Waals surface area contributed by atoms with E-state index in [1.54, 1.807) is 18.2 Å². The van der Waals surface area contributed by atoms with Gasteiger partial charge in [0.2, 0.25) is 0 Å². The van der Waals surface area contributed by atoms with E-state index in [9.17, 15) is 9.59 Å². The average Bonchev–Trinajstić information content (AvgIpc) is 2.65. The summed E-state index contributed by atoms with van der Waals surface area (Å²) in [4.78, 5) is 27.2. The van der Waals surface area contributed by atoms with Gasteiger partial charge in [0.25, 0.3) is 11.5 Å². The highest BCUT2D eigenvalue weighted by Crippen LogP contribution is 2.25. The van der Waals surface area contributed by atoms with Crippen molar-refractivity contribution in [1.29, 1.82) is 0 Å². The molecule has 1 amide bonds. The number of para-hydroxylation sites is 2. The van der Waals surface area contributed by atoms with Gasteiger partial charge >= 0.3 is 0 Å². The molecule has 0 radical (unpaired) electrons. The number of ether oxygens (including phenoxy) is 2. The van der Waals surface area contributed by atoms with Crippen molar-refractivity contribution < 1.29 is 14.3 Å². The van der Waals surface area contributed by atoms with Gasteiger partial charge in [-0.05, 0) is 49.2 Å². The van der Waals surface area contributed by atoms with Crippen molar-refractivity contribution in [3.63, 3.8) is 0 Å². The van der Waals surface area contributed by atoms with Gasteiger partial charge in [-0.25, -0.2) is 0 Å². The molecule has 0 bridgehead atoms. The summed E-state index contributed by atoms with van der Waals surface area (Å²) in [6.45, 7) is 3.95. The Balaban J connectivity index is 1.66. The number of H-pyrrole nitrogens is 1. The molecule has 0 saturated carbocycles. The van der Waals surface area contributed by atoms with Gasteiger partial charge in [0, 0.05) is 23.0 Å². The fraction of sp³-hybridized carbons (Fsp3) is 0.238. The second kappa shape index (κ2) is 7.95. The van der Waals surface area contributed by atoms with E-state index in [1.807, 2.05) is 32.0 Å². The number of pyridine rings is 1. The molecule has 0 aliphatic carbocycles. The third-order valence-electron chi connectivity index (χ3n) is 4.29.